The zero-order chi connectivity index (χ0) is 24.4. The third-order valence-corrected chi connectivity index (χ3v) is 7.91. The maximum atomic E-state index is 12.7. The van der Waals surface area contributed by atoms with E-state index in [4.69, 9.17) is 16.6 Å². The number of rotatable bonds is 8. The summed E-state index contributed by atoms with van der Waals surface area (Å²) in [5, 5.41) is 10.2. The fourth-order valence-corrected chi connectivity index (χ4v) is 5.49. The smallest absolute Gasteiger partial charge is 0.240 e. The number of nitrogens with one attached hydrogen (secondary N) is 2. The van der Waals surface area contributed by atoms with Crippen molar-refractivity contribution in [1.82, 2.24) is 19.3 Å². The number of nitrogens with zero attached hydrogens (tertiary/aromatic N) is 3. The van der Waals surface area contributed by atoms with Gasteiger partial charge in [-0.25, -0.2) is 18.1 Å². The van der Waals surface area contributed by atoms with Gasteiger partial charge in [-0.3, -0.25) is 0 Å². The van der Waals surface area contributed by atoms with E-state index in [0.717, 1.165) is 26.6 Å². The highest BCUT2D eigenvalue weighted by atomic mass is 79.9. The molecule has 0 aliphatic carbocycles. The van der Waals surface area contributed by atoms with Gasteiger partial charge in [-0.2, -0.15) is 9.61 Å². The second-order valence-corrected chi connectivity index (χ2v) is 10.9. The summed E-state index contributed by atoms with van der Waals surface area (Å²) in [6.07, 6.45) is 2.25. The van der Waals surface area contributed by atoms with Gasteiger partial charge < -0.3 is 5.32 Å². The average molecular weight is 571 g/mol. The van der Waals surface area contributed by atoms with Gasteiger partial charge in [0.1, 0.15) is 5.82 Å². The Morgan fingerprint density at radius 1 is 0.943 bits per heavy atom. The van der Waals surface area contributed by atoms with Crippen LogP contribution in [0.5, 0.6) is 0 Å². The first-order valence-electron chi connectivity index (χ1n) is 10.9. The van der Waals surface area contributed by atoms with Crippen molar-refractivity contribution in [3.8, 4) is 11.3 Å². The van der Waals surface area contributed by atoms with E-state index < -0.39 is 10.0 Å². The quantitative estimate of drug-likeness (QED) is 0.232. The molecule has 2 N–H and O–H groups in total. The first kappa shape index (κ1) is 23.7. The van der Waals surface area contributed by atoms with E-state index >= 15 is 0 Å². The van der Waals surface area contributed by atoms with Crippen LogP contribution < -0.4 is 10.0 Å². The van der Waals surface area contributed by atoms with Gasteiger partial charge in [0.15, 0.2) is 5.65 Å². The number of halogens is 2. The molecule has 2 heterocycles. The lowest BCUT2D eigenvalue weighted by molar-refractivity contribution is 0.580. The number of fused-ring (bicyclic) bond motifs is 2. The molecule has 0 unspecified atom stereocenters. The minimum absolute atomic E-state index is 0.255. The van der Waals surface area contributed by atoms with Crippen LogP contribution in [0.25, 0.3) is 27.7 Å². The summed E-state index contributed by atoms with van der Waals surface area (Å²) in [6.45, 7) is 0.815. The fourth-order valence-electron chi connectivity index (χ4n) is 3.80. The molecule has 3 aromatic carbocycles. The lowest BCUT2D eigenvalue weighted by atomic mass is 10.1. The SMILES string of the molecule is O=S(=O)(NCCCNc1cc(-c2ccccc2Cl)nc2c(Br)cnn12)c1ccc2ccccc2c1. The van der Waals surface area contributed by atoms with Crippen molar-refractivity contribution < 1.29 is 8.42 Å². The van der Waals surface area contributed by atoms with Gasteiger partial charge in [0.25, 0.3) is 0 Å². The Morgan fingerprint density at radius 2 is 1.71 bits per heavy atom. The lowest BCUT2D eigenvalue weighted by Crippen LogP contribution is -2.26. The van der Waals surface area contributed by atoms with Gasteiger partial charge >= 0.3 is 0 Å². The molecule has 0 fully saturated rings. The molecule has 0 saturated heterocycles. The second-order valence-electron chi connectivity index (χ2n) is 7.92. The van der Waals surface area contributed by atoms with Crippen LogP contribution in [0.2, 0.25) is 5.02 Å². The Bertz CT molecular complexity index is 1640. The predicted molar refractivity (Wildman–Crippen MR) is 143 cm³/mol. The van der Waals surface area contributed by atoms with E-state index in [1.165, 1.54) is 0 Å². The maximum absolute atomic E-state index is 12.7. The van der Waals surface area contributed by atoms with Gasteiger partial charge in [0.05, 0.1) is 21.3 Å². The number of benzene rings is 3. The molecule has 0 spiro atoms. The number of hydrogen-bond donors (Lipinski definition) is 2. The molecule has 10 heteroatoms. The predicted octanol–water partition coefficient (Wildman–Crippen LogP) is 5.75. The molecule has 178 valence electrons. The van der Waals surface area contributed by atoms with E-state index in [1.807, 2.05) is 60.7 Å². The van der Waals surface area contributed by atoms with Crippen LogP contribution in [0, 0.1) is 0 Å². The molecule has 0 atom stereocenters. The zero-order valence-electron chi connectivity index (χ0n) is 18.4. The third kappa shape index (κ3) is 5.04. The van der Waals surface area contributed by atoms with Crippen LogP contribution in [0.15, 0.2) is 88.4 Å². The van der Waals surface area contributed by atoms with Crippen molar-refractivity contribution in [3.63, 3.8) is 0 Å². The summed E-state index contributed by atoms with van der Waals surface area (Å²) in [5.74, 6) is 0.730. The lowest BCUT2D eigenvalue weighted by Gasteiger charge is -2.12. The highest BCUT2D eigenvalue weighted by Crippen LogP contribution is 2.30. The Kier molecular flexibility index (Phi) is 6.75. The fraction of sp³-hybridized carbons (Fsp3) is 0.120. The van der Waals surface area contributed by atoms with Crippen LogP contribution in [0.1, 0.15) is 6.42 Å². The van der Waals surface area contributed by atoms with Gasteiger partial charge in [0.2, 0.25) is 10.0 Å². The number of sulfonamides is 1. The second kappa shape index (κ2) is 9.94. The zero-order valence-corrected chi connectivity index (χ0v) is 21.6. The van der Waals surface area contributed by atoms with Crippen molar-refractivity contribution in [1.29, 1.82) is 0 Å². The van der Waals surface area contributed by atoms with Crippen molar-refractivity contribution in [3.05, 3.63) is 88.5 Å². The Morgan fingerprint density at radius 3 is 2.54 bits per heavy atom. The summed E-state index contributed by atoms with van der Waals surface area (Å²) in [4.78, 5) is 4.95. The molecular weight excluding hydrogens is 550 g/mol. The largest absolute Gasteiger partial charge is 0.370 e. The van der Waals surface area contributed by atoms with Gasteiger partial charge in [-0.1, -0.05) is 60.1 Å². The normalized spacial score (nSPS) is 11.8. The van der Waals surface area contributed by atoms with Crippen LogP contribution in [-0.4, -0.2) is 36.1 Å². The Labute approximate surface area is 216 Å². The molecule has 2 aromatic heterocycles. The minimum atomic E-state index is -3.60. The highest BCUT2D eigenvalue weighted by molar-refractivity contribution is 9.10. The van der Waals surface area contributed by atoms with E-state index in [1.54, 1.807) is 22.8 Å². The molecule has 0 aliphatic rings. The number of hydrogen-bond acceptors (Lipinski definition) is 5. The first-order valence-corrected chi connectivity index (χ1v) is 13.6. The topological polar surface area (TPSA) is 88.4 Å². The Balaban J connectivity index is 1.27. The number of anilines is 1. The van der Waals surface area contributed by atoms with Crippen molar-refractivity contribution in [2.45, 2.75) is 11.3 Å². The molecule has 35 heavy (non-hydrogen) atoms. The first-order chi connectivity index (χ1) is 16.9. The standard InChI is InChI=1S/C25H21BrClN5O2S/c26-21-16-29-32-24(15-23(31-25(21)32)20-8-3-4-9-22(20)27)28-12-5-13-30-35(33,34)19-11-10-17-6-1-2-7-18(17)14-19/h1-4,6-11,14-16,28,30H,5,12-13H2. The summed E-state index contributed by atoms with van der Waals surface area (Å²) >= 11 is 9.88. The molecular formula is C25H21BrClN5O2S. The van der Waals surface area contributed by atoms with Crippen molar-refractivity contribution >= 4 is 59.8 Å². The van der Waals surface area contributed by atoms with Crippen molar-refractivity contribution in [2.24, 2.45) is 0 Å². The molecule has 0 aliphatic heterocycles. The monoisotopic (exact) mass is 569 g/mol. The molecule has 5 rings (SSSR count). The third-order valence-electron chi connectivity index (χ3n) is 5.56. The summed E-state index contributed by atoms with van der Waals surface area (Å²) in [7, 11) is -3.60. The molecule has 0 amide bonds. The highest BCUT2D eigenvalue weighted by Gasteiger charge is 2.15. The molecule has 7 nitrogen and oxygen atoms in total. The molecule has 5 aromatic rings. The summed E-state index contributed by atoms with van der Waals surface area (Å²) < 4.78 is 30.6. The van der Waals surface area contributed by atoms with Crippen LogP contribution >= 0.6 is 27.5 Å². The molecule has 0 saturated carbocycles. The van der Waals surface area contributed by atoms with E-state index in [-0.39, 0.29) is 11.4 Å². The van der Waals surface area contributed by atoms with E-state index in [2.05, 4.69) is 31.1 Å². The van der Waals surface area contributed by atoms with Gasteiger partial charge in [-0.05, 0) is 51.3 Å². The van der Waals surface area contributed by atoms with Gasteiger partial charge in [0, 0.05) is 29.7 Å². The Hall–Kier alpha value is -2.98. The molecule has 0 radical (unpaired) electrons. The van der Waals surface area contributed by atoms with E-state index in [9.17, 15) is 8.42 Å². The summed E-state index contributed by atoms with van der Waals surface area (Å²) in [5.41, 5.74) is 2.18. The summed E-state index contributed by atoms with van der Waals surface area (Å²) in [6, 6.07) is 22.2. The van der Waals surface area contributed by atoms with Crippen LogP contribution in [0.3, 0.4) is 0 Å². The molecule has 0 bridgehead atoms. The van der Waals surface area contributed by atoms with Crippen molar-refractivity contribution in [2.75, 3.05) is 18.4 Å². The van der Waals surface area contributed by atoms with Crippen LogP contribution in [-0.2, 0) is 10.0 Å². The minimum Gasteiger partial charge on any atom is -0.370 e. The maximum Gasteiger partial charge on any atom is 0.240 e. The number of aromatic nitrogens is 3. The van der Waals surface area contributed by atoms with Crippen LogP contribution in [0.4, 0.5) is 5.82 Å². The van der Waals surface area contributed by atoms with Gasteiger partial charge in [-0.15, -0.1) is 0 Å². The average Bonchev–Trinajstić information content (AvgIpc) is 3.24. The van der Waals surface area contributed by atoms with E-state index in [0.29, 0.717) is 29.3 Å².